The van der Waals surface area contributed by atoms with Crippen molar-refractivity contribution in [3.63, 3.8) is 0 Å². The number of para-hydroxylation sites is 1. The van der Waals surface area contributed by atoms with Crippen molar-refractivity contribution in [2.75, 3.05) is 0 Å². The summed E-state index contributed by atoms with van der Waals surface area (Å²) in [6.45, 7) is 0. The van der Waals surface area contributed by atoms with E-state index in [1.165, 1.54) is 10.9 Å². The number of aromatic amines is 1. The van der Waals surface area contributed by atoms with E-state index in [9.17, 15) is 0 Å². The molecule has 4 rings (SSSR count). The lowest BCUT2D eigenvalue weighted by Crippen LogP contribution is -2.00. The molecule has 1 unspecified atom stereocenters. The monoisotopic (exact) mass is 262 g/mol. The lowest BCUT2D eigenvalue weighted by Gasteiger charge is -2.06. The van der Waals surface area contributed by atoms with Crippen molar-refractivity contribution in [1.82, 2.24) is 4.98 Å². The Hall–Kier alpha value is -2.55. The molecule has 0 amide bonds. The summed E-state index contributed by atoms with van der Waals surface area (Å²) >= 11 is 0. The van der Waals surface area contributed by atoms with Crippen LogP contribution < -0.4 is 0 Å². The first kappa shape index (κ1) is 11.3. The minimum Gasteiger partial charge on any atom is -0.387 e. The van der Waals surface area contributed by atoms with Crippen molar-refractivity contribution in [3.8, 4) is 0 Å². The number of rotatable bonds is 2. The van der Waals surface area contributed by atoms with Gasteiger partial charge in [0, 0.05) is 29.1 Å². The Morgan fingerprint density at radius 2 is 1.80 bits per heavy atom. The van der Waals surface area contributed by atoms with Gasteiger partial charge in [-0.05, 0) is 11.6 Å². The SMILES string of the molecule is c1ccc(C2=NOC(c3c[nH]c4ccccc34)C2)cc1. The second-order valence-corrected chi connectivity index (χ2v) is 4.99. The van der Waals surface area contributed by atoms with Gasteiger partial charge in [-0.1, -0.05) is 53.7 Å². The van der Waals surface area contributed by atoms with E-state index in [2.05, 4.69) is 34.4 Å². The molecule has 0 saturated heterocycles. The number of nitrogens with zero attached hydrogens (tertiary/aromatic N) is 1. The van der Waals surface area contributed by atoms with Crippen molar-refractivity contribution in [2.45, 2.75) is 12.5 Å². The van der Waals surface area contributed by atoms with Gasteiger partial charge in [0.05, 0.1) is 5.71 Å². The lowest BCUT2D eigenvalue weighted by molar-refractivity contribution is 0.0868. The second kappa shape index (κ2) is 4.53. The number of fused-ring (bicyclic) bond motifs is 1. The molecule has 1 atom stereocenters. The van der Waals surface area contributed by atoms with Gasteiger partial charge in [0.2, 0.25) is 0 Å². The van der Waals surface area contributed by atoms with Gasteiger partial charge < -0.3 is 9.82 Å². The summed E-state index contributed by atoms with van der Waals surface area (Å²) in [5.41, 5.74) is 4.46. The van der Waals surface area contributed by atoms with Gasteiger partial charge in [-0.3, -0.25) is 0 Å². The second-order valence-electron chi connectivity index (χ2n) is 4.99. The first-order chi connectivity index (χ1) is 9.92. The number of benzene rings is 2. The third-order valence-corrected chi connectivity index (χ3v) is 3.74. The summed E-state index contributed by atoms with van der Waals surface area (Å²) < 4.78 is 0. The zero-order valence-corrected chi connectivity index (χ0v) is 10.9. The molecule has 3 aromatic rings. The molecule has 1 aliphatic heterocycles. The Balaban J connectivity index is 1.64. The third kappa shape index (κ3) is 1.79. The zero-order valence-electron chi connectivity index (χ0n) is 10.9. The van der Waals surface area contributed by atoms with E-state index in [0.717, 1.165) is 23.2 Å². The Kier molecular flexibility index (Phi) is 2.56. The topological polar surface area (TPSA) is 37.4 Å². The molecule has 2 heterocycles. The average molecular weight is 262 g/mol. The number of hydrogen-bond donors (Lipinski definition) is 1. The average Bonchev–Trinajstić information content (AvgIpc) is 3.14. The molecule has 0 aliphatic carbocycles. The molecule has 98 valence electrons. The van der Waals surface area contributed by atoms with Crippen LogP contribution in [-0.4, -0.2) is 10.7 Å². The molecule has 0 spiro atoms. The number of oxime groups is 1. The van der Waals surface area contributed by atoms with Gasteiger partial charge in [-0.15, -0.1) is 0 Å². The van der Waals surface area contributed by atoms with Crippen molar-refractivity contribution >= 4 is 16.6 Å². The zero-order chi connectivity index (χ0) is 13.4. The maximum Gasteiger partial charge on any atom is 0.160 e. The van der Waals surface area contributed by atoms with Crippen LogP contribution in [0.4, 0.5) is 0 Å². The quantitative estimate of drug-likeness (QED) is 0.743. The first-order valence-electron chi connectivity index (χ1n) is 6.76. The summed E-state index contributed by atoms with van der Waals surface area (Å²) in [5.74, 6) is 0. The van der Waals surface area contributed by atoms with Crippen LogP contribution in [0, 0.1) is 0 Å². The Bertz CT molecular complexity index is 774. The highest BCUT2D eigenvalue weighted by molar-refractivity contribution is 6.01. The first-order valence-corrected chi connectivity index (χ1v) is 6.76. The number of aromatic nitrogens is 1. The molecule has 3 nitrogen and oxygen atoms in total. The predicted octanol–water partition coefficient (Wildman–Crippen LogP) is 4.03. The van der Waals surface area contributed by atoms with Crippen LogP contribution in [0.3, 0.4) is 0 Å². The molecule has 0 radical (unpaired) electrons. The molecule has 0 bridgehead atoms. The van der Waals surface area contributed by atoms with E-state index in [4.69, 9.17) is 4.84 Å². The van der Waals surface area contributed by atoms with Crippen LogP contribution >= 0.6 is 0 Å². The number of nitrogens with one attached hydrogen (secondary N) is 1. The summed E-state index contributed by atoms with van der Waals surface area (Å²) in [5, 5.41) is 5.46. The highest BCUT2D eigenvalue weighted by atomic mass is 16.6. The maximum atomic E-state index is 5.64. The maximum absolute atomic E-state index is 5.64. The van der Waals surface area contributed by atoms with E-state index >= 15 is 0 Å². The fourth-order valence-corrected chi connectivity index (χ4v) is 2.71. The fourth-order valence-electron chi connectivity index (χ4n) is 2.71. The molecule has 1 aliphatic rings. The van der Waals surface area contributed by atoms with E-state index in [1.54, 1.807) is 0 Å². The molecule has 1 aromatic heterocycles. The molecule has 1 N–H and O–H groups in total. The van der Waals surface area contributed by atoms with E-state index in [0.29, 0.717) is 0 Å². The molecule has 2 aromatic carbocycles. The van der Waals surface area contributed by atoms with Crippen LogP contribution in [-0.2, 0) is 4.84 Å². The fraction of sp³-hybridized carbons (Fsp3) is 0.118. The Morgan fingerprint density at radius 3 is 2.70 bits per heavy atom. The van der Waals surface area contributed by atoms with Gasteiger partial charge in [0.1, 0.15) is 0 Å². The normalized spacial score (nSPS) is 18.0. The highest BCUT2D eigenvalue weighted by Gasteiger charge is 2.25. The van der Waals surface area contributed by atoms with E-state index < -0.39 is 0 Å². The van der Waals surface area contributed by atoms with E-state index in [1.807, 2.05) is 36.5 Å². The lowest BCUT2D eigenvalue weighted by atomic mass is 10.00. The largest absolute Gasteiger partial charge is 0.387 e. The molecule has 3 heteroatoms. The predicted molar refractivity (Wildman–Crippen MR) is 79.7 cm³/mol. The number of hydrogen-bond acceptors (Lipinski definition) is 2. The van der Waals surface area contributed by atoms with Crippen LogP contribution in [0.1, 0.15) is 23.7 Å². The van der Waals surface area contributed by atoms with Gasteiger partial charge in [0.25, 0.3) is 0 Å². The van der Waals surface area contributed by atoms with Crippen LogP contribution in [0.15, 0.2) is 65.9 Å². The summed E-state index contributed by atoms with van der Waals surface area (Å²) in [7, 11) is 0. The highest BCUT2D eigenvalue weighted by Crippen LogP contribution is 2.33. The summed E-state index contributed by atoms with van der Waals surface area (Å²) in [6.07, 6.45) is 2.84. The van der Waals surface area contributed by atoms with Crippen molar-refractivity contribution < 1.29 is 4.84 Å². The van der Waals surface area contributed by atoms with E-state index in [-0.39, 0.29) is 6.10 Å². The van der Waals surface area contributed by atoms with Crippen LogP contribution in [0.5, 0.6) is 0 Å². The van der Waals surface area contributed by atoms with Gasteiger partial charge in [-0.2, -0.15) is 0 Å². The molecule has 20 heavy (non-hydrogen) atoms. The Morgan fingerprint density at radius 1 is 1.00 bits per heavy atom. The van der Waals surface area contributed by atoms with Gasteiger partial charge in [-0.25, -0.2) is 0 Å². The minimum atomic E-state index is 0.00126. The Labute approximate surface area is 116 Å². The molecular weight excluding hydrogens is 248 g/mol. The van der Waals surface area contributed by atoms with Crippen LogP contribution in [0.25, 0.3) is 10.9 Å². The van der Waals surface area contributed by atoms with Crippen molar-refractivity contribution in [2.24, 2.45) is 5.16 Å². The third-order valence-electron chi connectivity index (χ3n) is 3.74. The van der Waals surface area contributed by atoms with Crippen molar-refractivity contribution in [3.05, 3.63) is 71.9 Å². The van der Waals surface area contributed by atoms with Crippen LogP contribution in [0.2, 0.25) is 0 Å². The standard InChI is InChI=1S/C17H14N2O/c1-2-6-12(7-3-1)16-10-17(20-19-16)14-11-18-15-9-5-4-8-13(14)15/h1-9,11,17-18H,10H2. The minimum absolute atomic E-state index is 0.00126. The molecule has 0 saturated carbocycles. The smallest absolute Gasteiger partial charge is 0.160 e. The van der Waals surface area contributed by atoms with Gasteiger partial charge in [0.15, 0.2) is 6.10 Å². The molecule has 0 fully saturated rings. The molecular formula is C17H14N2O. The van der Waals surface area contributed by atoms with Crippen molar-refractivity contribution in [1.29, 1.82) is 0 Å². The summed E-state index contributed by atoms with van der Waals surface area (Å²) in [6, 6.07) is 18.5. The number of H-pyrrole nitrogens is 1. The summed E-state index contributed by atoms with van der Waals surface area (Å²) in [4.78, 5) is 8.93. The van der Waals surface area contributed by atoms with Gasteiger partial charge >= 0.3 is 0 Å².